The van der Waals surface area contributed by atoms with Gasteiger partial charge in [-0.1, -0.05) is 60.7 Å². The molecule has 0 saturated heterocycles. The van der Waals surface area contributed by atoms with Crippen molar-refractivity contribution in [2.75, 3.05) is 17.3 Å². The van der Waals surface area contributed by atoms with Crippen LogP contribution in [0.1, 0.15) is 48.5 Å². The zero-order chi connectivity index (χ0) is 25.5. The molecule has 0 saturated carbocycles. The zero-order valence-electron chi connectivity index (χ0n) is 19.7. The van der Waals surface area contributed by atoms with E-state index in [1.165, 1.54) is 0 Å². The number of carbonyl (C=O) groups is 3. The summed E-state index contributed by atoms with van der Waals surface area (Å²) in [6, 6.07) is 26.2. The first kappa shape index (κ1) is 22.2. The van der Waals surface area contributed by atoms with Gasteiger partial charge in [-0.2, -0.15) is 0 Å². The standard InChI is InChI=1S/C31H19IN2O3/c1-34-25-14-11-18(32)15-23(25)31(30(34)37)16-24(17-7-3-2-4-8-17)33-27-22(31)13-12-21-26(27)29(36)20-10-6-5-9-19(20)28(21)35/h2-16,33H,1H3/t31-/m1/s1. The van der Waals surface area contributed by atoms with Crippen molar-refractivity contribution in [1.29, 1.82) is 0 Å². The Morgan fingerprint density at radius 1 is 0.757 bits per heavy atom. The van der Waals surface area contributed by atoms with Gasteiger partial charge in [-0.25, -0.2) is 0 Å². The minimum absolute atomic E-state index is 0.101. The maximum absolute atomic E-state index is 14.2. The Morgan fingerprint density at radius 2 is 1.46 bits per heavy atom. The van der Waals surface area contributed by atoms with Gasteiger partial charge in [0.05, 0.1) is 11.3 Å². The van der Waals surface area contributed by atoms with Crippen LogP contribution in [0, 0.1) is 3.57 Å². The summed E-state index contributed by atoms with van der Waals surface area (Å²) in [6.07, 6.45) is 1.97. The van der Waals surface area contributed by atoms with Crippen LogP contribution in [-0.2, 0) is 10.2 Å². The van der Waals surface area contributed by atoms with Crippen molar-refractivity contribution in [2.24, 2.45) is 0 Å². The van der Waals surface area contributed by atoms with E-state index in [1.54, 1.807) is 42.3 Å². The van der Waals surface area contributed by atoms with E-state index in [0.29, 0.717) is 39.2 Å². The zero-order valence-corrected chi connectivity index (χ0v) is 21.9. The number of benzene rings is 4. The molecule has 7 rings (SSSR count). The third-order valence-electron chi connectivity index (χ3n) is 7.61. The fraction of sp³-hybridized carbons (Fsp3) is 0.0645. The van der Waals surface area contributed by atoms with Gasteiger partial charge in [-0.05, 0) is 58.5 Å². The van der Waals surface area contributed by atoms with Crippen molar-refractivity contribution in [3.63, 3.8) is 0 Å². The minimum Gasteiger partial charge on any atom is -0.354 e. The summed E-state index contributed by atoms with van der Waals surface area (Å²) in [5.74, 6) is -0.513. The molecule has 1 aliphatic carbocycles. The fourth-order valence-corrected chi connectivity index (χ4v) is 6.38. The first-order chi connectivity index (χ1) is 17.9. The molecule has 0 aromatic heterocycles. The molecule has 1 N–H and O–H groups in total. The van der Waals surface area contributed by atoms with Crippen LogP contribution in [0.15, 0.2) is 91.0 Å². The maximum atomic E-state index is 14.2. The molecule has 1 atom stereocenters. The third kappa shape index (κ3) is 2.87. The van der Waals surface area contributed by atoms with E-state index < -0.39 is 5.41 Å². The Balaban J connectivity index is 1.58. The number of likely N-dealkylation sites (N-methyl/N-ethyl adjacent to an activating group) is 1. The summed E-state index contributed by atoms with van der Waals surface area (Å²) in [5.41, 5.74) is 4.77. The second-order valence-corrected chi connectivity index (χ2v) is 10.7. The summed E-state index contributed by atoms with van der Waals surface area (Å²) in [6.45, 7) is 0. The van der Waals surface area contributed by atoms with Crippen LogP contribution in [0.2, 0.25) is 0 Å². The molecule has 4 aromatic rings. The van der Waals surface area contributed by atoms with E-state index in [1.807, 2.05) is 60.7 Å². The van der Waals surface area contributed by atoms with Crippen LogP contribution >= 0.6 is 22.6 Å². The molecule has 0 unspecified atom stereocenters. The molecule has 6 heteroatoms. The smallest absolute Gasteiger partial charge is 0.246 e. The van der Waals surface area contributed by atoms with Crippen LogP contribution in [0.25, 0.3) is 5.70 Å². The second-order valence-electron chi connectivity index (χ2n) is 9.50. The second kappa shape index (κ2) is 7.73. The van der Waals surface area contributed by atoms with Gasteiger partial charge in [-0.3, -0.25) is 14.4 Å². The number of halogens is 1. The Bertz CT molecular complexity index is 1740. The highest BCUT2D eigenvalue weighted by Gasteiger charge is 2.53. The van der Waals surface area contributed by atoms with Crippen LogP contribution in [0.5, 0.6) is 0 Å². The molecule has 0 bridgehead atoms. The number of nitrogens with one attached hydrogen (secondary N) is 1. The van der Waals surface area contributed by atoms with Crippen molar-refractivity contribution in [2.45, 2.75) is 5.41 Å². The van der Waals surface area contributed by atoms with E-state index in [0.717, 1.165) is 20.4 Å². The molecule has 3 aliphatic rings. The van der Waals surface area contributed by atoms with E-state index in [9.17, 15) is 14.4 Å². The number of anilines is 2. The average Bonchev–Trinajstić information content (AvgIpc) is 3.13. The molecule has 4 aromatic carbocycles. The molecule has 0 fully saturated rings. The highest BCUT2D eigenvalue weighted by molar-refractivity contribution is 14.1. The van der Waals surface area contributed by atoms with E-state index in [-0.39, 0.29) is 17.5 Å². The van der Waals surface area contributed by atoms with Gasteiger partial charge < -0.3 is 10.2 Å². The third-order valence-corrected chi connectivity index (χ3v) is 8.28. The maximum Gasteiger partial charge on any atom is 0.246 e. The molecule has 5 nitrogen and oxygen atoms in total. The van der Waals surface area contributed by atoms with Gasteiger partial charge in [-0.15, -0.1) is 0 Å². The highest BCUT2D eigenvalue weighted by Crippen LogP contribution is 2.54. The lowest BCUT2D eigenvalue weighted by molar-refractivity contribution is -0.120. The van der Waals surface area contributed by atoms with Crippen LogP contribution in [-0.4, -0.2) is 24.5 Å². The predicted molar refractivity (Wildman–Crippen MR) is 151 cm³/mol. The van der Waals surface area contributed by atoms with Crippen molar-refractivity contribution in [1.82, 2.24) is 0 Å². The number of hydrogen-bond acceptors (Lipinski definition) is 4. The number of fused-ring (bicyclic) bond motifs is 7. The van der Waals surface area contributed by atoms with Crippen LogP contribution < -0.4 is 10.2 Å². The lowest BCUT2D eigenvalue weighted by Crippen LogP contribution is -2.41. The molecule has 2 aliphatic heterocycles. The van der Waals surface area contributed by atoms with Gasteiger partial charge in [0.25, 0.3) is 0 Å². The topological polar surface area (TPSA) is 66.5 Å². The van der Waals surface area contributed by atoms with Gasteiger partial charge in [0.15, 0.2) is 11.6 Å². The van der Waals surface area contributed by atoms with Gasteiger partial charge in [0.2, 0.25) is 5.91 Å². The summed E-state index contributed by atoms with van der Waals surface area (Å²) in [7, 11) is 1.78. The predicted octanol–water partition coefficient (Wildman–Crippen LogP) is 5.80. The quantitative estimate of drug-likeness (QED) is 0.250. The minimum atomic E-state index is -1.15. The number of nitrogens with zero attached hydrogens (tertiary/aromatic N) is 1. The first-order valence-corrected chi connectivity index (χ1v) is 13.0. The summed E-state index contributed by atoms with van der Waals surface area (Å²) >= 11 is 2.26. The SMILES string of the molecule is CN1C(=O)[C@@]2(C=C(c3ccccc3)Nc3c2ccc2c3C(=O)c3ccccc3C2=O)c2cc(I)ccc21. The summed E-state index contributed by atoms with van der Waals surface area (Å²) in [4.78, 5) is 43.3. The van der Waals surface area contributed by atoms with Gasteiger partial charge >= 0.3 is 0 Å². The Morgan fingerprint density at radius 3 is 2.22 bits per heavy atom. The van der Waals surface area contributed by atoms with Gasteiger partial charge in [0.1, 0.15) is 5.41 Å². The molecular weight excluding hydrogens is 575 g/mol. The molecule has 1 spiro atoms. The Labute approximate surface area is 227 Å². The van der Waals surface area contributed by atoms with Gasteiger partial charge in [0, 0.05) is 49.8 Å². The monoisotopic (exact) mass is 594 g/mol. The number of hydrogen-bond donors (Lipinski definition) is 1. The number of ketones is 2. The van der Waals surface area contributed by atoms with Crippen LogP contribution in [0.4, 0.5) is 11.4 Å². The number of rotatable bonds is 1. The molecule has 1 amide bonds. The van der Waals surface area contributed by atoms with Crippen molar-refractivity contribution in [3.05, 3.63) is 134 Å². The number of carbonyl (C=O) groups excluding carboxylic acids is 3. The summed E-state index contributed by atoms with van der Waals surface area (Å²) < 4.78 is 1.01. The lowest BCUT2D eigenvalue weighted by atomic mass is 9.69. The fourth-order valence-electron chi connectivity index (χ4n) is 5.89. The van der Waals surface area contributed by atoms with E-state index in [4.69, 9.17) is 0 Å². The number of amides is 1. The largest absolute Gasteiger partial charge is 0.354 e. The van der Waals surface area contributed by atoms with Crippen LogP contribution in [0.3, 0.4) is 0 Å². The molecule has 2 heterocycles. The average molecular weight is 594 g/mol. The van der Waals surface area contributed by atoms with Crippen molar-refractivity contribution >= 4 is 57.1 Å². The molecule has 0 radical (unpaired) electrons. The van der Waals surface area contributed by atoms with E-state index in [2.05, 4.69) is 27.9 Å². The molecule has 178 valence electrons. The summed E-state index contributed by atoms with van der Waals surface area (Å²) in [5, 5.41) is 3.47. The normalized spacial score (nSPS) is 19.1. The Hall–Kier alpha value is -4.04. The van der Waals surface area contributed by atoms with Crippen molar-refractivity contribution in [3.8, 4) is 0 Å². The molecular formula is C31H19IN2O3. The highest BCUT2D eigenvalue weighted by atomic mass is 127. The Kier molecular flexibility index (Phi) is 4.63. The first-order valence-electron chi connectivity index (χ1n) is 11.9. The van der Waals surface area contributed by atoms with E-state index >= 15 is 0 Å². The van der Waals surface area contributed by atoms with Crippen molar-refractivity contribution < 1.29 is 14.4 Å². The lowest BCUT2D eigenvalue weighted by Gasteiger charge is -2.36. The molecule has 37 heavy (non-hydrogen) atoms.